The van der Waals surface area contributed by atoms with Crippen LogP contribution >= 0.6 is 0 Å². The standard InChI is InChI=1S/2C20H17N2.3C19H15N2.C17H12N3/c1-20(2)9-12-5-3-8-15-14-7-4-6-13-10-21-11-16(20)22(18(12)15)19(21)17(13)14;1-20(2)9-13-11-21-10-12-5-3-6-14-15-7-4-8-16(20)18(15)22(13)19(21)17(12)14;1-11-5-8-14-15-4-2-3-12-6-7-13-9-20-10-16(11)17(14)19(20)21(13)18(12)15;1-11-7-13-9-20-10-14-6-5-12-3-2-4-15-16(8-11)17(13)19(20)21(14)18(12)15;1-11-5-6-13-9-20-10-14-8-7-12-3-2-4-15-16(11)17(13)19(20)21(14)18(12)15;1-2-10-4-5-11-8-19-9-14-15-12(6-7-18-14)13(3-1)16(10)20(11)17(15)19/h2*3-8,11H,9-10H2,1-2H3;2-5,8-9H,6-7,10H2,1H3;2-4,7-8,10H,5-6,9H2,1H3;2-6,10H,7-9H2,1H3;1-3,6-8H,4-5,9H2/q6*+1. The largest absolute Gasteiger partial charge is 0.297 e. The second-order valence-corrected chi connectivity index (χ2v) is 40.5. The number of aromatic nitrogens is 13. The number of hydrogen-bond donors (Lipinski definition) is 0. The molecule has 0 unspecified atom stereocenters. The Labute approximate surface area is 729 Å². The van der Waals surface area contributed by atoms with E-state index in [1.807, 2.05) is 6.20 Å². The summed E-state index contributed by atoms with van der Waals surface area (Å²) in [5, 5.41) is 25.7. The van der Waals surface area contributed by atoms with E-state index in [9.17, 15) is 0 Å². The Morgan fingerprint density at radius 3 is 1.26 bits per heavy atom. The Kier molecular flexibility index (Phi) is 12.8. The van der Waals surface area contributed by atoms with Crippen LogP contribution in [0.1, 0.15) is 145 Å². The Balaban J connectivity index is 0.0000000728. The van der Waals surface area contributed by atoms with Gasteiger partial charge in [-0.1, -0.05) is 215 Å². The molecule has 36 rings (SSSR count). The first-order chi connectivity index (χ1) is 62.2. The third-order valence-corrected chi connectivity index (χ3v) is 32.5. The number of fused-ring (bicyclic) bond motifs is 6. The van der Waals surface area contributed by atoms with Crippen molar-refractivity contribution in [1.82, 2.24) is 31.4 Å². The molecule has 0 saturated heterocycles. The fourth-order valence-corrected chi connectivity index (χ4v) is 27.4. The average molecular weight is 1640 g/mol. The van der Waals surface area contributed by atoms with Crippen molar-refractivity contribution in [3.63, 3.8) is 0 Å². The summed E-state index contributed by atoms with van der Waals surface area (Å²) in [6.45, 7) is 22.2. The number of aryl methyl sites for hydroxylation is 11. The third-order valence-electron chi connectivity index (χ3n) is 32.5. The van der Waals surface area contributed by atoms with E-state index in [4.69, 9.17) is 0 Å². The van der Waals surface area contributed by atoms with Gasteiger partial charge >= 0.3 is 0 Å². The maximum absolute atomic E-state index is 4.59. The van der Waals surface area contributed by atoms with E-state index in [-0.39, 0.29) is 10.8 Å². The van der Waals surface area contributed by atoms with E-state index in [1.54, 1.807) is 0 Å². The van der Waals surface area contributed by atoms with Gasteiger partial charge in [-0.15, -0.1) is 0 Å². The minimum absolute atomic E-state index is 0.190. The molecule has 11 aromatic carbocycles. The molecule has 13 heteroatoms. The van der Waals surface area contributed by atoms with Crippen LogP contribution in [0.4, 0.5) is 0 Å². The van der Waals surface area contributed by atoms with Crippen molar-refractivity contribution in [3.05, 3.63) is 349 Å². The first kappa shape index (κ1) is 69.2. The minimum atomic E-state index is 0.190. The van der Waals surface area contributed by atoms with E-state index in [0.29, 0.717) is 0 Å². The molecule has 25 heterocycles. The molecule has 0 aliphatic carbocycles. The van der Waals surface area contributed by atoms with E-state index in [1.165, 1.54) is 301 Å². The van der Waals surface area contributed by atoms with Crippen molar-refractivity contribution >= 4 is 164 Å². The van der Waals surface area contributed by atoms with Crippen LogP contribution in [0.2, 0.25) is 0 Å². The molecule has 13 aromatic heterocycles. The molecule has 0 N–H and O–H groups in total. The summed E-state index contributed by atoms with van der Waals surface area (Å²) in [4.78, 5) is 4.59. The molecule has 0 spiro atoms. The van der Waals surface area contributed by atoms with Gasteiger partial charge in [0.1, 0.15) is 138 Å². The molecule has 606 valence electrons. The van der Waals surface area contributed by atoms with Crippen LogP contribution in [-0.4, -0.2) is 31.4 Å². The van der Waals surface area contributed by atoms with Crippen LogP contribution in [0.5, 0.6) is 0 Å². The molecule has 0 fully saturated rings. The van der Waals surface area contributed by atoms with Gasteiger partial charge in [0.2, 0.25) is 0 Å². The summed E-state index contributed by atoms with van der Waals surface area (Å²) in [7, 11) is 0. The number of nitrogens with zero attached hydrogens (tertiary/aromatic N) is 13. The second kappa shape index (κ2) is 23.5. The van der Waals surface area contributed by atoms with Gasteiger partial charge in [-0.25, -0.2) is 27.4 Å². The van der Waals surface area contributed by atoms with Gasteiger partial charge in [-0.2, -0.15) is 26.4 Å². The number of imidazole rings is 6. The highest BCUT2D eigenvalue weighted by molar-refractivity contribution is 6.20. The molecule has 12 aliphatic rings. The minimum Gasteiger partial charge on any atom is -0.256 e. The van der Waals surface area contributed by atoms with Crippen molar-refractivity contribution in [2.75, 3.05) is 0 Å². The second-order valence-electron chi connectivity index (χ2n) is 40.5. The lowest BCUT2D eigenvalue weighted by Gasteiger charge is -2.28. The monoisotopic (exact) mass is 1640 g/mol. The highest BCUT2D eigenvalue weighted by Gasteiger charge is 2.45. The summed E-state index contributed by atoms with van der Waals surface area (Å²) in [6.07, 6.45) is 27.7. The first-order valence-corrected chi connectivity index (χ1v) is 46.4. The van der Waals surface area contributed by atoms with E-state index >= 15 is 0 Å². The van der Waals surface area contributed by atoms with Crippen LogP contribution in [0.3, 0.4) is 0 Å². The van der Waals surface area contributed by atoms with Crippen molar-refractivity contribution in [2.45, 2.75) is 163 Å². The Hall–Kier alpha value is -14.2. The Bertz CT molecular complexity index is 9490. The summed E-state index contributed by atoms with van der Waals surface area (Å²) in [6, 6.07) is 70.6. The fourth-order valence-electron chi connectivity index (χ4n) is 27.4. The van der Waals surface area contributed by atoms with Crippen LogP contribution in [0.25, 0.3) is 164 Å². The topological polar surface area (TPSA) is 62.6 Å². The quantitative estimate of drug-likeness (QED) is 0.110. The van der Waals surface area contributed by atoms with Crippen molar-refractivity contribution in [2.24, 2.45) is 0 Å². The lowest BCUT2D eigenvalue weighted by molar-refractivity contribution is -0.658. The highest BCUT2D eigenvalue weighted by Crippen LogP contribution is 2.49. The zero-order valence-electron chi connectivity index (χ0n) is 72.6. The average Bonchev–Trinajstić information content (AvgIpc) is 1.56. The normalized spacial score (nSPS) is 16.1. The van der Waals surface area contributed by atoms with Gasteiger partial charge in [0.25, 0.3) is 33.9 Å². The van der Waals surface area contributed by atoms with Crippen LogP contribution in [0, 0.1) is 20.8 Å². The first-order valence-electron chi connectivity index (χ1n) is 46.4. The van der Waals surface area contributed by atoms with Gasteiger partial charge in [0.05, 0.1) is 38.0 Å². The predicted octanol–water partition coefficient (Wildman–Crippen LogP) is 19.8. The van der Waals surface area contributed by atoms with Crippen molar-refractivity contribution in [3.8, 4) is 0 Å². The SMILES string of the molecule is CC1(C)Cc2c[n+]3c4c5c(cccc5c5cccc1c5n24)C3.CC1(C)Cc2cccc3c4cccc5c4c4n(c1c[n+]4C5)c23.Cc1cc2c3c(c1)c1cccc4c1n1c(c[n+](c31)C2)CC4.Cc1ccc2c3c1c1cccc4c1n1c(c[n+](c31)C2)CC4.Cc1ccc2c3cccc4c3n3c(c[n+]5c3c2c1C5)CC4.c1cc2c3c(c1)c1ccnc4c1c1n3c(c[n+]1C4)CC2. The van der Waals surface area contributed by atoms with Gasteiger partial charge in [-0.05, 0) is 70.1 Å². The van der Waals surface area contributed by atoms with Crippen LogP contribution in [-0.2, 0) is 114 Å². The molecule has 0 bridgehead atoms. The van der Waals surface area contributed by atoms with Gasteiger partial charge < -0.3 is 0 Å². The summed E-state index contributed by atoms with van der Waals surface area (Å²) in [5.41, 5.74) is 47.9. The number of rotatable bonds is 0. The number of para-hydroxylation sites is 6. The van der Waals surface area contributed by atoms with Crippen molar-refractivity contribution < 1.29 is 27.4 Å². The molecular weight excluding hydrogens is 1550 g/mol. The van der Waals surface area contributed by atoms with Gasteiger partial charge in [-0.3, -0.25) is 4.98 Å². The van der Waals surface area contributed by atoms with Gasteiger partial charge in [0.15, 0.2) is 5.69 Å². The zero-order chi connectivity index (χ0) is 83.3. The Morgan fingerprint density at radius 1 is 0.268 bits per heavy atom. The molecule has 127 heavy (non-hydrogen) atoms. The highest BCUT2D eigenvalue weighted by atomic mass is 15.2. The number of pyridine rings is 7. The maximum atomic E-state index is 4.59. The fraction of sp³-hybridized carbons (Fsp3) is 0.219. The van der Waals surface area contributed by atoms with E-state index < -0.39 is 0 Å². The molecule has 0 amide bonds. The summed E-state index contributed by atoms with van der Waals surface area (Å²) < 4.78 is 29.8. The summed E-state index contributed by atoms with van der Waals surface area (Å²) >= 11 is 0. The summed E-state index contributed by atoms with van der Waals surface area (Å²) in [5.74, 6) is 0. The van der Waals surface area contributed by atoms with Gasteiger partial charge in [0, 0.05) is 175 Å². The molecular formula is C114H91N13+6. The maximum Gasteiger partial charge on any atom is 0.297 e. The molecule has 0 radical (unpaired) electrons. The number of hydrogen-bond acceptors (Lipinski definition) is 1. The van der Waals surface area contributed by atoms with E-state index in [2.05, 4.69) is 332 Å². The predicted molar refractivity (Wildman–Crippen MR) is 505 cm³/mol. The molecule has 0 saturated carbocycles. The van der Waals surface area contributed by atoms with Crippen LogP contribution < -0.4 is 27.4 Å². The lowest BCUT2D eigenvalue weighted by Crippen LogP contribution is -2.30. The third kappa shape index (κ3) is 8.61. The Morgan fingerprint density at radius 2 is 0.669 bits per heavy atom. The molecule has 13 nitrogen and oxygen atoms in total. The number of benzene rings is 11. The lowest BCUT2D eigenvalue weighted by atomic mass is 9.77. The van der Waals surface area contributed by atoms with Crippen LogP contribution in [0.15, 0.2) is 231 Å². The van der Waals surface area contributed by atoms with Crippen molar-refractivity contribution in [1.29, 1.82) is 0 Å². The molecule has 24 aromatic rings. The zero-order valence-corrected chi connectivity index (χ0v) is 72.6. The van der Waals surface area contributed by atoms with E-state index in [0.717, 1.165) is 84.2 Å². The molecule has 12 aliphatic heterocycles. The molecule has 0 atom stereocenters. The smallest absolute Gasteiger partial charge is 0.256 e.